The molecule has 2 N–H and O–H groups in total. The molecule has 0 radical (unpaired) electrons. The first kappa shape index (κ1) is 20.5. The number of nitrogens with one attached hydrogen (secondary N) is 2. The van der Waals surface area contributed by atoms with Gasteiger partial charge in [0, 0.05) is 18.9 Å². The highest BCUT2D eigenvalue weighted by Crippen LogP contribution is 2.36. The van der Waals surface area contributed by atoms with E-state index in [0.29, 0.717) is 22.9 Å². The van der Waals surface area contributed by atoms with Crippen LogP contribution in [0.2, 0.25) is 0 Å². The van der Waals surface area contributed by atoms with Crippen LogP contribution in [0.5, 0.6) is 5.75 Å². The lowest BCUT2D eigenvalue weighted by molar-refractivity contribution is -0.121. The number of ether oxygens (including phenoxy) is 1. The number of allylic oxidation sites excluding steroid dienone is 1. The van der Waals surface area contributed by atoms with Crippen molar-refractivity contribution >= 4 is 23.6 Å². The summed E-state index contributed by atoms with van der Waals surface area (Å²) < 4.78 is 5.17. The minimum atomic E-state index is -0.338. The number of amides is 2. The van der Waals surface area contributed by atoms with E-state index in [1.807, 2.05) is 42.5 Å². The number of hydrogen-bond acceptors (Lipinski definition) is 5. The van der Waals surface area contributed by atoms with Crippen LogP contribution in [0, 0.1) is 11.3 Å². The third-order valence-electron chi connectivity index (χ3n) is 4.55. The highest BCUT2D eigenvalue weighted by molar-refractivity contribution is 8.03. The molecule has 0 aromatic heterocycles. The fourth-order valence-electron chi connectivity index (χ4n) is 3.04. The third-order valence-corrected chi connectivity index (χ3v) is 5.57. The van der Waals surface area contributed by atoms with Gasteiger partial charge >= 0.3 is 0 Å². The molecule has 0 fully saturated rings. The number of methoxy groups -OCH3 is 1. The van der Waals surface area contributed by atoms with E-state index in [9.17, 15) is 14.9 Å². The molecule has 1 aliphatic rings. The van der Waals surface area contributed by atoms with Crippen LogP contribution in [0.1, 0.15) is 23.5 Å². The quantitative estimate of drug-likeness (QED) is 0.736. The molecule has 0 aliphatic carbocycles. The third kappa shape index (κ3) is 5.39. The summed E-state index contributed by atoms with van der Waals surface area (Å²) in [5.41, 5.74) is 2.34. The minimum absolute atomic E-state index is 0.114. The highest BCUT2D eigenvalue weighted by Gasteiger charge is 2.29. The number of hydrogen-bond donors (Lipinski definition) is 2. The van der Waals surface area contributed by atoms with Gasteiger partial charge in [0.25, 0.3) is 0 Å². The first-order chi connectivity index (χ1) is 14.1. The maximum absolute atomic E-state index is 12.2. The minimum Gasteiger partial charge on any atom is -0.497 e. The van der Waals surface area contributed by atoms with Crippen molar-refractivity contribution in [2.24, 2.45) is 0 Å². The molecule has 0 unspecified atom stereocenters. The van der Waals surface area contributed by atoms with E-state index >= 15 is 0 Å². The van der Waals surface area contributed by atoms with Crippen LogP contribution in [-0.4, -0.2) is 24.7 Å². The van der Waals surface area contributed by atoms with E-state index in [4.69, 9.17) is 4.74 Å². The first-order valence-corrected chi connectivity index (χ1v) is 10.1. The second kappa shape index (κ2) is 9.80. The van der Waals surface area contributed by atoms with Gasteiger partial charge in [-0.3, -0.25) is 9.59 Å². The fourth-order valence-corrected chi connectivity index (χ4v) is 3.95. The summed E-state index contributed by atoms with van der Waals surface area (Å²) in [4.78, 5) is 24.4. The molecule has 0 spiro atoms. The van der Waals surface area contributed by atoms with Crippen LogP contribution >= 0.6 is 11.8 Å². The lowest BCUT2D eigenvalue weighted by atomic mass is 9.87. The van der Waals surface area contributed by atoms with Crippen molar-refractivity contribution in [3.8, 4) is 11.8 Å². The zero-order valence-corrected chi connectivity index (χ0v) is 16.8. The van der Waals surface area contributed by atoms with Gasteiger partial charge in [-0.2, -0.15) is 5.26 Å². The monoisotopic (exact) mass is 407 g/mol. The molecule has 0 saturated carbocycles. The van der Waals surface area contributed by atoms with Gasteiger partial charge in [0.2, 0.25) is 11.8 Å². The Morgan fingerprint density at radius 2 is 1.97 bits per heavy atom. The zero-order chi connectivity index (χ0) is 20.6. The van der Waals surface area contributed by atoms with E-state index in [0.717, 1.165) is 11.1 Å². The number of carbonyl (C=O) groups is 2. The fraction of sp³-hybridized carbons (Fsp3) is 0.227. The number of carbonyl (C=O) groups excluding carboxylic acids is 2. The van der Waals surface area contributed by atoms with E-state index in [1.54, 1.807) is 19.2 Å². The molecule has 3 rings (SSSR count). The van der Waals surface area contributed by atoms with Crippen LogP contribution in [0.4, 0.5) is 0 Å². The average molecular weight is 407 g/mol. The SMILES string of the molecule is COc1ccc([C@@H]2CC(=O)NC(SCC(=O)NCc3ccccc3)=C2C#N)cc1. The second-order valence-corrected chi connectivity index (χ2v) is 7.47. The normalized spacial score (nSPS) is 16.0. The Morgan fingerprint density at radius 1 is 1.24 bits per heavy atom. The molecule has 29 heavy (non-hydrogen) atoms. The van der Waals surface area contributed by atoms with Crippen molar-refractivity contribution in [2.45, 2.75) is 18.9 Å². The Bertz CT molecular complexity index is 950. The molecule has 148 valence electrons. The Morgan fingerprint density at radius 3 is 2.62 bits per heavy atom. The van der Waals surface area contributed by atoms with Crippen molar-refractivity contribution in [3.63, 3.8) is 0 Å². The molecular formula is C22H21N3O3S. The molecule has 1 atom stereocenters. The van der Waals surface area contributed by atoms with Gasteiger partial charge in [-0.05, 0) is 23.3 Å². The van der Waals surface area contributed by atoms with Crippen molar-refractivity contribution in [2.75, 3.05) is 12.9 Å². The molecule has 2 aromatic carbocycles. The topological polar surface area (TPSA) is 91.2 Å². The standard InChI is InChI=1S/C22H21N3O3S/c1-28-17-9-7-16(8-10-17)18-11-20(26)25-22(19(18)12-23)29-14-21(27)24-13-15-5-3-2-4-6-15/h2-10,18H,11,13-14H2,1H3,(H,24,27)(H,25,26)/t18-/m0/s1. The van der Waals surface area contributed by atoms with Crippen LogP contribution in [0.15, 0.2) is 65.2 Å². The van der Waals surface area contributed by atoms with Crippen molar-refractivity contribution in [1.29, 1.82) is 5.26 Å². The van der Waals surface area contributed by atoms with Crippen LogP contribution < -0.4 is 15.4 Å². The van der Waals surface area contributed by atoms with Crippen LogP contribution in [-0.2, 0) is 16.1 Å². The zero-order valence-electron chi connectivity index (χ0n) is 16.0. The van der Waals surface area contributed by atoms with Gasteiger partial charge in [0.05, 0.1) is 29.5 Å². The first-order valence-electron chi connectivity index (χ1n) is 9.12. The smallest absolute Gasteiger partial charge is 0.230 e. The lowest BCUT2D eigenvalue weighted by Crippen LogP contribution is -2.32. The summed E-state index contributed by atoms with van der Waals surface area (Å²) in [5.74, 6) is 0.153. The largest absolute Gasteiger partial charge is 0.497 e. The van der Waals surface area contributed by atoms with Gasteiger partial charge in [-0.1, -0.05) is 54.2 Å². The maximum atomic E-state index is 12.2. The van der Waals surface area contributed by atoms with Crippen LogP contribution in [0.25, 0.3) is 0 Å². The Balaban J connectivity index is 1.68. The van der Waals surface area contributed by atoms with Gasteiger partial charge in [-0.25, -0.2) is 0 Å². The Kier molecular flexibility index (Phi) is 6.93. The molecular weight excluding hydrogens is 386 g/mol. The van der Waals surface area contributed by atoms with E-state index in [1.165, 1.54) is 11.8 Å². The summed E-state index contributed by atoms with van der Waals surface area (Å²) in [6.07, 6.45) is 0.194. The Hall–Kier alpha value is -3.24. The summed E-state index contributed by atoms with van der Waals surface area (Å²) in [6, 6.07) is 19.2. The molecule has 0 saturated heterocycles. The predicted molar refractivity (Wildman–Crippen MR) is 112 cm³/mol. The summed E-state index contributed by atoms with van der Waals surface area (Å²) >= 11 is 1.17. The summed E-state index contributed by atoms with van der Waals surface area (Å²) in [6.45, 7) is 0.436. The summed E-state index contributed by atoms with van der Waals surface area (Å²) in [7, 11) is 1.58. The second-order valence-electron chi connectivity index (χ2n) is 6.48. The average Bonchev–Trinajstić information content (AvgIpc) is 2.76. The molecule has 1 heterocycles. The van der Waals surface area contributed by atoms with Crippen molar-refractivity contribution in [1.82, 2.24) is 10.6 Å². The van der Waals surface area contributed by atoms with E-state index in [-0.39, 0.29) is 29.9 Å². The van der Waals surface area contributed by atoms with Gasteiger partial charge in [0.1, 0.15) is 5.75 Å². The van der Waals surface area contributed by atoms with E-state index < -0.39 is 0 Å². The van der Waals surface area contributed by atoms with Crippen molar-refractivity contribution < 1.29 is 14.3 Å². The summed E-state index contributed by atoms with van der Waals surface area (Å²) in [5, 5.41) is 15.7. The predicted octanol–water partition coefficient (Wildman–Crippen LogP) is 3.08. The number of nitrogens with zero attached hydrogens (tertiary/aromatic N) is 1. The molecule has 6 nitrogen and oxygen atoms in total. The maximum Gasteiger partial charge on any atom is 0.230 e. The molecule has 1 aliphatic heterocycles. The molecule has 0 bridgehead atoms. The van der Waals surface area contributed by atoms with E-state index in [2.05, 4.69) is 16.7 Å². The number of rotatable bonds is 7. The van der Waals surface area contributed by atoms with Gasteiger partial charge in [0.15, 0.2) is 0 Å². The molecule has 7 heteroatoms. The lowest BCUT2D eigenvalue weighted by Gasteiger charge is -2.25. The number of nitriles is 1. The van der Waals surface area contributed by atoms with Gasteiger partial charge in [-0.15, -0.1) is 0 Å². The number of benzene rings is 2. The molecule has 2 aromatic rings. The van der Waals surface area contributed by atoms with Crippen LogP contribution in [0.3, 0.4) is 0 Å². The number of thioether (sulfide) groups is 1. The highest BCUT2D eigenvalue weighted by atomic mass is 32.2. The van der Waals surface area contributed by atoms with Crippen molar-refractivity contribution in [3.05, 3.63) is 76.3 Å². The molecule has 2 amide bonds. The van der Waals surface area contributed by atoms with Gasteiger partial charge < -0.3 is 15.4 Å². The Labute approximate surface area is 173 Å².